The molecule has 172 valence electrons. The van der Waals surface area contributed by atoms with Gasteiger partial charge in [-0.15, -0.1) is 11.3 Å². The minimum atomic E-state index is -0.346. The van der Waals surface area contributed by atoms with Crippen LogP contribution < -0.4 is 10.9 Å². The first kappa shape index (κ1) is 23.2. The lowest BCUT2D eigenvalue weighted by molar-refractivity contribution is 0.0939. The summed E-state index contributed by atoms with van der Waals surface area (Å²) in [5, 5.41) is 4.88. The number of thiophene rings is 1. The number of hydrogen-bond acceptors (Lipinski definition) is 5. The van der Waals surface area contributed by atoms with Gasteiger partial charge in [-0.3, -0.25) is 19.4 Å². The van der Waals surface area contributed by atoms with Crippen LogP contribution in [0.3, 0.4) is 0 Å². The van der Waals surface area contributed by atoms with Gasteiger partial charge in [-0.2, -0.15) is 0 Å². The summed E-state index contributed by atoms with van der Waals surface area (Å²) >= 11 is 1.58. The second-order valence-electron chi connectivity index (χ2n) is 8.33. The molecule has 6 nitrogen and oxygen atoms in total. The number of nitrogens with one attached hydrogen (secondary N) is 2. The zero-order chi connectivity index (χ0) is 23.0. The first-order chi connectivity index (χ1) is 16.1. The molecule has 2 N–H and O–H groups in total. The molecule has 1 atom stereocenters. The van der Waals surface area contributed by atoms with Crippen LogP contribution in [-0.4, -0.2) is 53.4 Å². The van der Waals surface area contributed by atoms with Crippen molar-refractivity contribution < 1.29 is 4.79 Å². The molecule has 4 rings (SSSR count). The van der Waals surface area contributed by atoms with Crippen molar-refractivity contribution in [3.8, 4) is 0 Å². The number of carbonyl (C=O) groups is 1. The first-order valence-electron chi connectivity index (χ1n) is 11.3. The minimum Gasteiger partial charge on any atom is -0.345 e. The predicted molar refractivity (Wildman–Crippen MR) is 134 cm³/mol. The van der Waals surface area contributed by atoms with Crippen molar-refractivity contribution in [2.75, 3.05) is 32.7 Å². The molecule has 2 aromatic heterocycles. The van der Waals surface area contributed by atoms with Crippen LogP contribution in [0.4, 0.5) is 0 Å². The molecule has 1 aliphatic rings. The lowest BCUT2D eigenvalue weighted by atomic mass is 10.2. The largest absolute Gasteiger partial charge is 0.345 e. The maximum atomic E-state index is 12.5. The third kappa shape index (κ3) is 6.51. The Morgan fingerprint density at radius 2 is 1.82 bits per heavy atom. The monoisotopic (exact) mass is 462 g/mol. The summed E-state index contributed by atoms with van der Waals surface area (Å²) in [7, 11) is 0. The van der Waals surface area contributed by atoms with Crippen molar-refractivity contribution >= 4 is 23.3 Å². The smallest absolute Gasteiger partial charge is 0.261 e. The Labute approximate surface area is 198 Å². The van der Waals surface area contributed by atoms with Crippen LogP contribution in [-0.2, 0) is 6.54 Å². The van der Waals surface area contributed by atoms with Crippen molar-refractivity contribution in [2.45, 2.75) is 19.5 Å². The topological polar surface area (TPSA) is 68.4 Å². The van der Waals surface area contributed by atoms with Crippen LogP contribution in [0.5, 0.6) is 0 Å². The van der Waals surface area contributed by atoms with E-state index in [4.69, 9.17) is 0 Å². The standard InChI is InChI=1S/C26H30N4O2S/c1-20(24-10-6-18-33-24)27-25(31)23-12-11-22(28-26(23)32)19-30-16-14-29(15-17-30)13-5-9-21-7-3-2-4-8-21/h2-12,18,20H,13-17,19H2,1H3,(H,27,31)(H,28,32). The van der Waals surface area contributed by atoms with Crippen molar-refractivity contribution in [1.29, 1.82) is 0 Å². The molecule has 0 bridgehead atoms. The summed E-state index contributed by atoms with van der Waals surface area (Å²) in [6, 6.07) is 17.6. The molecule has 1 unspecified atom stereocenters. The molecule has 1 aliphatic heterocycles. The molecule has 1 saturated heterocycles. The molecule has 1 aromatic carbocycles. The molecule has 1 fully saturated rings. The number of benzene rings is 1. The van der Waals surface area contributed by atoms with Crippen LogP contribution in [0, 0.1) is 0 Å². The van der Waals surface area contributed by atoms with Crippen LogP contribution >= 0.6 is 11.3 Å². The number of rotatable bonds is 8. The van der Waals surface area contributed by atoms with Gasteiger partial charge in [0.25, 0.3) is 11.5 Å². The third-order valence-electron chi connectivity index (χ3n) is 5.86. The second kappa shape index (κ2) is 11.2. The Bertz CT molecular complexity index is 1120. The van der Waals surface area contributed by atoms with E-state index in [9.17, 15) is 9.59 Å². The molecule has 0 spiro atoms. The summed E-state index contributed by atoms with van der Waals surface area (Å²) in [5.41, 5.74) is 1.86. The summed E-state index contributed by atoms with van der Waals surface area (Å²) in [5.74, 6) is -0.346. The third-order valence-corrected chi connectivity index (χ3v) is 6.92. The predicted octanol–water partition coefficient (Wildman–Crippen LogP) is 3.76. The van der Waals surface area contributed by atoms with Crippen molar-refractivity contribution in [1.82, 2.24) is 20.1 Å². The summed E-state index contributed by atoms with van der Waals surface area (Å²) in [6.45, 7) is 7.41. The highest BCUT2D eigenvalue weighted by atomic mass is 32.1. The number of aromatic nitrogens is 1. The molecule has 0 aliphatic carbocycles. The number of nitrogens with zero attached hydrogens (tertiary/aromatic N) is 2. The molecular formula is C26H30N4O2S. The summed E-state index contributed by atoms with van der Waals surface area (Å²) in [6.07, 6.45) is 4.38. The van der Waals surface area contributed by atoms with E-state index in [-0.39, 0.29) is 23.1 Å². The summed E-state index contributed by atoms with van der Waals surface area (Å²) < 4.78 is 0. The lowest BCUT2D eigenvalue weighted by Gasteiger charge is -2.34. The Kier molecular flexibility index (Phi) is 7.88. The number of hydrogen-bond donors (Lipinski definition) is 2. The number of amides is 1. The molecule has 1 amide bonds. The van der Waals surface area contributed by atoms with Gasteiger partial charge in [-0.1, -0.05) is 48.6 Å². The molecule has 3 heterocycles. The fourth-order valence-electron chi connectivity index (χ4n) is 3.94. The molecular weight excluding hydrogens is 432 g/mol. The lowest BCUT2D eigenvalue weighted by Crippen LogP contribution is -2.46. The minimum absolute atomic E-state index is 0.129. The van der Waals surface area contributed by atoms with Gasteiger partial charge in [0, 0.05) is 49.8 Å². The number of piperazine rings is 1. The highest BCUT2D eigenvalue weighted by molar-refractivity contribution is 7.10. The maximum Gasteiger partial charge on any atom is 0.261 e. The average Bonchev–Trinajstić information content (AvgIpc) is 3.36. The molecule has 33 heavy (non-hydrogen) atoms. The fourth-order valence-corrected chi connectivity index (χ4v) is 4.68. The van der Waals surface area contributed by atoms with E-state index in [2.05, 4.69) is 44.4 Å². The van der Waals surface area contributed by atoms with Crippen LogP contribution in [0.1, 0.15) is 39.5 Å². The Morgan fingerprint density at radius 1 is 1.06 bits per heavy atom. The van der Waals surface area contributed by atoms with Gasteiger partial charge in [-0.05, 0) is 36.1 Å². The molecule has 0 radical (unpaired) electrons. The van der Waals surface area contributed by atoms with E-state index in [1.807, 2.05) is 48.7 Å². The van der Waals surface area contributed by atoms with Crippen LogP contribution in [0.25, 0.3) is 6.08 Å². The zero-order valence-electron chi connectivity index (χ0n) is 18.9. The zero-order valence-corrected chi connectivity index (χ0v) is 19.7. The Morgan fingerprint density at radius 3 is 2.52 bits per heavy atom. The molecule has 3 aromatic rings. The molecule has 7 heteroatoms. The van der Waals surface area contributed by atoms with Crippen molar-refractivity contribution in [3.05, 3.63) is 98.1 Å². The van der Waals surface area contributed by atoms with Gasteiger partial charge < -0.3 is 10.3 Å². The Hall–Kier alpha value is -3.00. The van der Waals surface area contributed by atoms with Gasteiger partial charge in [0.05, 0.1) is 6.04 Å². The number of H-pyrrole nitrogens is 1. The van der Waals surface area contributed by atoms with Crippen molar-refractivity contribution in [2.24, 2.45) is 0 Å². The van der Waals surface area contributed by atoms with Gasteiger partial charge >= 0.3 is 0 Å². The molecule has 0 saturated carbocycles. The van der Waals surface area contributed by atoms with E-state index < -0.39 is 0 Å². The van der Waals surface area contributed by atoms with Gasteiger partial charge in [0.1, 0.15) is 5.56 Å². The Balaban J connectivity index is 1.25. The number of aromatic amines is 1. The second-order valence-corrected chi connectivity index (χ2v) is 9.31. The number of pyridine rings is 1. The van der Waals surface area contributed by atoms with E-state index in [1.165, 1.54) is 5.56 Å². The highest BCUT2D eigenvalue weighted by Crippen LogP contribution is 2.18. The first-order valence-corrected chi connectivity index (χ1v) is 12.2. The van der Waals surface area contributed by atoms with E-state index >= 15 is 0 Å². The van der Waals surface area contributed by atoms with Crippen LogP contribution in [0.2, 0.25) is 0 Å². The van der Waals surface area contributed by atoms with Crippen molar-refractivity contribution in [3.63, 3.8) is 0 Å². The normalized spacial score (nSPS) is 16.2. The SMILES string of the molecule is CC(NC(=O)c1ccc(CN2CCN(CC=Cc3ccccc3)CC2)[nH]c1=O)c1cccs1. The van der Waals surface area contributed by atoms with E-state index in [0.29, 0.717) is 6.54 Å². The van der Waals surface area contributed by atoms with E-state index in [0.717, 1.165) is 43.3 Å². The maximum absolute atomic E-state index is 12.5. The van der Waals surface area contributed by atoms with Gasteiger partial charge in [0.15, 0.2) is 0 Å². The van der Waals surface area contributed by atoms with Gasteiger partial charge in [-0.25, -0.2) is 0 Å². The quantitative estimate of drug-likeness (QED) is 0.535. The van der Waals surface area contributed by atoms with Crippen LogP contribution in [0.15, 0.2) is 70.8 Å². The van der Waals surface area contributed by atoms with E-state index in [1.54, 1.807) is 17.4 Å². The highest BCUT2D eigenvalue weighted by Gasteiger charge is 2.18. The van der Waals surface area contributed by atoms with Gasteiger partial charge in [0.2, 0.25) is 0 Å². The number of carbonyl (C=O) groups excluding carboxylic acids is 1. The fraction of sp³-hybridized carbons (Fsp3) is 0.308. The summed E-state index contributed by atoms with van der Waals surface area (Å²) in [4.78, 5) is 33.8. The average molecular weight is 463 g/mol.